The van der Waals surface area contributed by atoms with E-state index in [2.05, 4.69) is 0 Å². The number of rotatable bonds is 3. The van der Waals surface area contributed by atoms with Gasteiger partial charge in [-0.3, -0.25) is 0 Å². The van der Waals surface area contributed by atoms with Crippen molar-refractivity contribution < 1.29 is 8.78 Å². The van der Waals surface area contributed by atoms with E-state index >= 15 is 0 Å². The molecule has 0 aromatic heterocycles. The van der Waals surface area contributed by atoms with Crippen LogP contribution in [0.4, 0.5) is 20.2 Å². The second-order valence-electron chi connectivity index (χ2n) is 4.28. The molecular weight excluding hydrogens is 270 g/mol. The van der Waals surface area contributed by atoms with Gasteiger partial charge in [0.1, 0.15) is 5.69 Å². The molecule has 0 bridgehead atoms. The maximum absolute atomic E-state index is 13.8. The third-order valence-corrected chi connectivity index (χ3v) is 3.16. The molecule has 0 atom stereocenters. The zero-order valence-corrected chi connectivity index (χ0v) is 11.1. The molecule has 0 saturated heterocycles. The third kappa shape index (κ3) is 2.96. The van der Waals surface area contributed by atoms with Gasteiger partial charge in [-0.1, -0.05) is 29.8 Å². The number of anilines is 2. The van der Waals surface area contributed by atoms with Crippen LogP contribution in [0.2, 0.25) is 5.02 Å². The lowest BCUT2D eigenvalue weighted by molar-refractivity contribution is 0.578. The molecule has 0 aliphatic heterocycles. The molecule has 19 heavy (non-hydrogen) atoms. The Kier molecular flexibility index (Phi) is 3.90. The molecule has 2 nitrogen and oxygen atoms in total. The van der Waals surface area contributed by atoms with Gasteiger partial charge in [0.25, 0.3) is 0 Å². The normalized spacial score (nSPS) is 10.5. The Labute approximate surface area is 115 Å². The Morgan fingerprint density at radius 3 is 2.32 bits per heavy atom. The van der Waals surface area contributed by atoms with Gasteiger partial charge in [0.2, 0.25) is 0 Å². The van der Waals surface area contributed by atoms with Gasteiger partial charge < -0.3 is 10.6 Å². The molecule has 2 N–H and O–H groups in total. The van der Waals surface area contributed by atoms with Crippen LogP contribution in [0.1, 0.15) is 5.56 Å². The van der Waals surface area contributed by atoms with E-state index in [1.807, 2.05) is 12.1 Å². The van der Waals surface area contributed by atoms with Crippen LogP contribution in [-0.4, -0.2) is 7.05 Å². The van der Waals surface area contributed by atoms with E-state index in [-0.39, 0.29) is 11.4 Å². The molecule has 2 rings (SSSR count). The summed E-state index contributed by atoms with van der Waals surface area (Å²) in [6, 6.07) is 9.37. The van der Waals surface area contributed by atoms with Crippen molar-refractivity contribution in [2.24, 2.45) is 0 Å². The minimum Gasteiger partial charge on any atom is -0.399 e. The summed E-state index contributed by atoms with van der Waals surface area (Å²) in [5.41, 5.74) is 6.12. The molecule has 0 aliphatic carbocycles. The van der Waals surface area contributed by atoms with Crippen LogP contribution >= 0.6 is 11.6 Å². The summed E-state index contributed by atoms with van der Waals surface area (Å²) in [4.78, 5) is 1.46. The third-order valence-electron chi connectivity index (χ3n) is 2.79. The fraction of sp³-hybridized carbons (Fsp3) is 0.143. The molecule has 0 unspecified atom stereocenters. The maximum Gasteiger partial charge on any atom is 0.151 e. The average molecular weight is 283 g/mol. The van der Waals surface area contributed by atoms with E-state index in [4.69, 9.17) is 17.3 Å². The lowest BCUT2D eigenvalue weighted by Gasteiger charge is -2.21. The van der Waals surface area contributed by atoms with Crippen molar-refractivity contribution in [2.45, 2.75) is 6.54 Å². The largest absolute Gasteiger partial charge is 0.399 e. The van der Waals surface area contributed by atoms with E-state index in [0.29, 0.717) is 11.6 Å². The number of nitrogen functional groups attached to an aromatic ring is 1. The number of halogens is 3. The monoisotopic (exact) mass is 282 g/mol. The first kappa shape index (κ1) is 13.6. The summed E-state index contributed by atoms with van der Waals surface area (Å²) < 4.78 is 27.5. The molecule has 0 spiro atoms. The van der Waals surface area contributed by atoms with Crippen LogP contribution < -0.4 is 10.6 Å². The second kappa shape index (κ2) is 5.45. The number of nitrogens with two attached hydrogens (primary N) is 1. The van der Waals surface area contributed by atoms with Crippen molar-refractivity contribution in [1.29, 1.82) is 0 Å². The Morgan fingerprint density at radius 2 is 1.74 bits per heavy atom. The predicted octanol–water partition coefficient (Wildman–Crippen LogP) is 3.84. The molecule has 0 radical (unpaired) electrons. The van der Waals surface area contributed by atoms with Gasteiger partial charge in [-0.2, -0.15) is 0 Å². The number of hydrogen-bond donors (Lipinski definition) is 1. The molecule has 0 aliphatic rings. The van der Waals surface area contributed by atoms with Crippen LogP contribution in [-0.2, 0) is 6.54 Å². The van der Waals surface area contributed by atoms with Crippen LogP contribution in [0.5, 0.6) is 0 Å². The van der Waals surface area contributed by atoms with Gasteiger partial charge >= 0.3 is 0 Å². The first-order chi connectivity index (χ1) is 8.99. The summed E-state index contributed by atoms with van der Waals surface area (Å²) in [6.07, 6.45) is 0. The van der Waals surface area contributed by atoms with Gasteiger partial charge in [-0.15, -0.1) is 0 Å². The van der Waals surface area contributed by atoms with E-state index in [0.717, 1.165) is 17.7 Å². The highest BCUT2D eigenvalue weighted by molar-refractivity contribution is 6.31. The molecule has 5 heteroatoms. The van der Waals surface area contributed by atoms with Crippen molar-refractivity contribution >= 4 is 23.0 Å². The van der Waals surface area contributed by atoms with Crippen molar-refractivity contribution in [3.63, 3.8) is 0 Å². The van der Waals surface area contributed by atoms with E-state index in [1.54, 1.807) is 19.2 Å². The maximum atomic E-state index is 13.8. The summed E-state index contributed by atoms with van der Waals surface area (Å²) in [7, 11) is 1.60. The van der Waals surface area contributed by atoms with Crippen molar-refractivity contribution in [3.8, 4) is 0 Å². The molecule has 0 fully saturated rings. The van der Waals surface area contributed by atoms with Gasteiger partial charge in [0.15, 0.2) is 11.6 Å². The quantitative estimate of drug-likeness (QED) is 0.867. The number of nitrogens with zero attached hydrogens (tertiary/aromatic N) is 1. The molecule has 100 valence electrons. The summed E-state index contributed by atoms with van der Waals surface area (Å²) >= 11 is 6.03. The van der Waals surface area contributed by atoms with Crippen LogP contribution in [0.15, 0.2) is 36.4 Å². The van der Waals surface area contributed by atoms with E-state index in [9.17, 15) is 8.78 Å². The van der Waals surface area contributed by atoms with Gasteiger partial charge in [0, 0.05) is 24.3 Å². The number of hydrogen-bond acceptors (Lipinski definition) is 2. The predicted molar refractivity (Wildman–Crippen MR) is 74.3 cm³/mol. The lowest BCUT2D eigenvalue weighted by atomic mass is 10.2. The van der Waals surface area contributed by atoms with Gasteiger partial charge in [0.05, 0.1) is 0 Å². The van der Waals surface area contributed by atoms with Gasteiger partial charge in [-0.05, 0) is 23.8 Å². The SMILES string of the molecule is CN(Cc1ccccc1Cl)c1c(F)cc(N)cc1F. The Hall–Kier alpha value is -1.81. The Morgan fingerprint density at radius 1 is 1.16 bits per heavy atom. The van der Waals surface area contributed by atoms with Crippen LogP contribution in [0, 0.1) is 11.6 Å². The number of benzene rings is 2. The minimum absolute atomic E-state index is 0.0601. The topological polar surface area (TPSA) is 29.3 Å². The smallest absolute Gasteiger partial charge is 0.151 e. The van der Waals surface area contributed by atoms with Crippen LogP contribution in [0.25, 0.3) is 0 Å². The Balaban J connectivity index is 2.31. The zero-order valence-electron chi connectivity index (χ0n) is 10.3. The molecule has 0 saturated carbocycles. The standard InChI is InChI=1S/C14H13ClF2N2/c1-19(8-9-4-2-3-5-11(9)15)14-12(16)6-10(18)7-13(14)17/h2-7H,8,18H2,1H3. The highest BCUT2D eigenvalue weighted by Crippen LogP contribution is 2.27. The van der Waals surface area contributed by atoms with Gasteiger partial charge in [-0.25, -0.2) is 8.78 Å². The highest BCUT2D eigenvalue weighted by atomic mass is 35.5. The molecule has 0 heterocycles. The molecule has 2 aromatic rings. The van der Waals surface area contributed by atoms with Crippen LogP contribution in [0.3, 0.4) is 0 Å². The lowest BCUT2D eigenvalue weighted by Crippen LogP contribution is -2.19. The first-order valence-electron chi connectivity index (χ1n) is 5.68. The molecule has 2 aromatic carbocycles. The van der Waals surface area contributed by atoms with Crippen molar-refractivity contribution in [1.82, 2.24) is 0 Å². The summed E-state index contributed by atoms with van der Waals surface area (Å²) in [6.45, 7) is 0.303. The summed E-state index contributed by atoms with van der Waals surface area (Å²) in [5.74, 6) is -1.38. The first-order valence-corrected chi connectivity index (χ1v) is 6.06. The fourth-order valence-electron chi connectivity index (χ4n) is 1.91. The Bertz CT molecular complexity index is 579. The fourth-order valence-corrected chi connectivity index (χ4v) is 2.11. The minimum atomic E-state index is -0.688. The molecular formula is C14H13ClF2N2. The highest BCUT2D eigenvalue weighted by Gasteiger charge is 2.15. The van der Waals surface area contributed by atoms with E-state index < -0.39 is 11.6 Å². The average Bonchev–Trinajstić information content (AvgIpc) is 2.30. The second-order valence-corrected chi connectivity index (χ2v) is 4.69. The van der Waals surface area contributed by atoms with Crippen molar-refractivity contribution in [2.75, 3.05) is 17.7 Å². The summed E-state index contributed by atoms with van der Waals surface area (Å²) in [5, 5.41) is 0.561. The van der Waals surface area contributed by atoms with Crippen molar-refractivity contribution in [3.05, 3.63) is 58.6 Å². The van der Waals surface area contributed by atoms with E-state index in [1.165, 1.54) is 4.90 Å². The zero-order chi connectivity index (χ0) is 14.0. The molecule has 0 amide bonds.